The van der Waals surface area contributed by atoms with E-state index in [0.717, 1.165) is 28.2 Å². The fraction of sp³-hybridized carbons (Fsp3) is 0.294. The third-order valence-corrected chi connectivity index (χ3v) is 4.71. The van der Waals surface area contributed by atoms with Crippen LogP contribution in [0.4, 0.5) is 0 Å². The Morgan fingerprint density at radius 2 is 2.22 bits per heavy atom. The number of fused-ring (bicyclic) bond motifs is 1. The summed E-state index contributed by atoms with van der Waals surface area (Å²) in [5.74, 6) is -0.224. The second kappa shape index (κ2) is 6.83. The molecule has 1 atom stereocenters. The molecule has 0 radical (unpaired) electrons. The fourth-order valence-corrected chi connectivity index (χ4v) is 3.45. The average molecular weight is 331 g/mol. The van der Waals surface area contributed by atoms with Crippen LogP contribution in [0.1, 0.15) is 28.5 Å². The summed E-state index contributed by atoms with van der Waals surface area (Å²) in [5.41, 5.74) is 2.03. The van der Waals surface area contributed by atoms with Crippen molar-refractivity contribution in [2.24, 2.45) is 0 Å². The highest BCUT2D eigenvalue weighted by Crippen LogP contribution is 2.26. The lowest BCUT2D eigenvalue weighted by Gasteiger charge is -2.15. The van der Waals surface area contributed by atoms with Crippen molar-refractivity contribution in [3.63, 3.8) is 0 Å². The molecule has 0 saturated carbocycles. The van der Waals surface area contributed by atoms with Crippen LogP contribution in [0.25, 0.3) is 0 Å². The summed E-state index contributed by atoms with van der Waals surface area (Å²) in [5, 5.41) is 13.7. The lowest BCUT2D eigenvalue weighted by atomic mass is 10.1. The van der Waals surface area contributed by atoms with Crippen LogP contribution >= 0.6 is 11.3 Å². The number of thiophene rings is 1. The Bertz CT molecular complexity index is 711. The van der Waals surface area contributed by atoms with E-state index in [1.165, 1.54) is 11.3 Å². The summed E-state index contributed by atoms with van der Waals surface area (Å²) < 4.78 is 5.45. The number of carbonyl (C=O) groups excluding carboxylic acids is 1. The van der Waals surface area contributed by atoms with Gasteiger partial charge in [-0.1, -0.05) is 18.2 Å². The minimum Gasteiger partial charge on any atom is -0.493 e. The first kappa shape index (κ1) is 15.6. The molecule has 2 N–H and O–H groups in total. The lowest BCUT2D eigenvalue weighted by Crippen LogP contribution is -2.30. The van der Waals surface area contributed by atoms with Crippen molar-refractivity contribution in [1.82, 2.24) is 5.32 Å². The van der Waals surface area contributed by atoms with Crippen LogP contribution in [0.3, 0.4) is 0 Å². The maximum atomic E-state index is 12.3. The van der Waals surface area contributed by atoms with Crippen LogP contribution in [0, 0.1) is 0 Å². The maximum absolute atomic E-state index is 12.3. The number of amides is 1. The van der Waals surface area contributed by atoms with E-state index in [-0.39, 0.29) is 18.7 Å². The predicted octanol–water partition coefficient (Wildman–Crippen LogP) is 2.56. The molecule has 1 aromatic heterocycles. The Labute approximate surface area is 137 Å². The summed E-state index contributed by atoms with van der Waals surface area (Å²) >= 11 is 1.44. The highest BCUT2D eigenvalue weighted by Gasteiger charge is 2.20. The molecule has 2 aromatic rings. The van der Waals surface area contributed by atoms with E-state index in [1.54, 1.807) is 0 Å². The van der Waals surface area contributed by atoms with E-state index >= 15 is 0 Å². The van der Waals surface area contributed by atoms with Crippen LogP contribution in [0.2, 0.25) is 0 Å². The van der Waals surface area contributed by atoms with Gasteiger partial charge in [0.2, 0.25) is 5.91 Å². The molecule has 0 unspecified atom stereocenters. The molecule has 2 heterocycles. The van der Waals surface area contributed by atoms with Gasteiger partial charge in [-0.25, -0.2) is 0 Å². The van der Waals surface area contributed by atoms with Crippen molar-refractivity contribution in [3.05, 3.63) is 51.7 Å². The van der Waals surface area contributed by atoms with E-state index in [4.69, 9.17) is 9.84 Å². The number of rotatable bonds is 6. The first-order valence-electron chi connectivity index (χ1n) is 7.41. The second-order valence-electron chi connectivity index (χ2n) is 5.45. The number of carbonyl (C=O) groups is 2. The molecule has 120 valence electrons. The molecule has 1 aromatic carbocycles. The molecule has 3 rings (SSSR count). The molecule has 0 fully saturated rings. The summed E-state index contributed by atoms with van der Waals surface area (Å²) in [6.45, 7) is 0.685. The van der Waals surface area contributed by atoms with Crippen LogP contribution in [-0.2, 0) is 22.4 Å². The van der Waals surface area contributed by atoms with E-state index in [2.05, 4.69) is 5.32 Å². The minimum atomic E-state index is -0.932. The summed E-state index contributed by atoms with van der Waals surface area (Å²) in [6, 6.07) is 8.95. The van der Waals surface area contributed by atoms with Crippen molar-refractivity contribution < 1.29 is 19.4 Å². The Kier molecular flexibility index (Phi) is 4.62. The summed E-state index contributed by atoms with van der Waals surface area (Å²) in [4.78, 5) is 24.1. The SMILES string of the molecule is O=C(O)C[C@@H](NC(=O)Cc1ccc2c(c1)CCO2)c1cccs1. The van der Waals surface area contributed by atoms with E-state index in [0.29, 0.717) is 6.61 Å². The maximum Gasteiger partial charge on any atom is 0.305 e. The zero-order chi connectivity index (χ0) is 16.2. The van der Waals surface area contributed by atoms with Gasteiger partial charge in [0, 0.05) is 11.3 Å². The minimum absolute atomic E-state index is 0.121. The molecular weight excluding hydrogens is 314 g/mol. The molecule has 1 aliphatic rings. The van der Waals surface area contributed by atoms with Gasteiger partial charge in [0.25, 0.3) is 0 Å². The topological polar surface area (TPSA) is 75.6 Å². The van der Waals surface area contributed by atoms with Gasteiger partial charge in [0.05, 0.1) is 25.5 Å². The number of nitrogens with one attached hydrogen (secondary N) is 1. The van der Waals surface area contributed by atoms with Gasteiger partial charge in [-0.05, 0) is 28.6 Å². The standard InChI is InChI=1S/C17H17NO4S/c19-16(9-11-3-4-14-12(8-11)5-6-22-14)18-13(10-17(20)21)15-2-1-7-23-15/h1-4,7-8,13H,5-6,9-10H2,(H,18,19)(H,20,21)/t13-/m1/s1. The third kappa shape index (κ3) is 3.90. The van der Waals surface area contributed by atoms with Crippen molar-refractivity contribution in [1.29, 1.82) is 0 Å². The highest BCUT2D eigenvalue weighted by atomic mass is 32.1. The predicted molar refractivity (Wildman–Crippen MR) is 86.8 cm³/mol. The Morgan fingerprint density at radius 1 is 1.35 bits per heavy atom. The Balaban J connectivity index is 1.66. The van der Waals surface area contributed by atoms with E-state index < -0.39 is 12.0 Å². The van der Waals surface area contributed by atoms with Crippen LogP contribution in [0.15, 0.2) is 35.7 Å². The van der Waals surface area contributed by atoms with Gasteiger partial charge >= 0.3 is 5.97 Å². The highest BCUT2D eigenvalue weighted by molar-refractivity contribution is 7.10. The van der Waals surface area contributed by atoms with Crippen LogP contribution in [-0.4, -0.2) is 23.6 Å². The molecule has 1 amide bonds. The van der Waals surface area contributed by atoms with Crippen molar-refractivity contribution in [3.8, 4) is 5.75 Å². The number of aliphatic carboxylic acids is 1. The van der Waals surface area contributed by atoms with Gasteiger partial charge in [0.15, 0.2) is 0 Å². The molecule has 6 heteroatoms. The molecule has 0 spiro atoms. The van der Waals surface area contributed by atoms with Crippen molar-refractivity contribution >= 4 is 23.2 Å². The first-order chi connectivity index (χ1) is 11.1. The van der Waals surface area contributed by atoms with Gasteiger partial charge in [-0.2, -0.15) is 0 Å². The smallest absolute Gasteiger partial charge is 0.305 e. The number of hydrogen-bond donors (Lipinski definition) is 2. The number of ether oxygens (including phenoxy) is 1. The molecule has 0 aliphatic carbocycles. The number of carboxylic acid groups (broad SMARTS) is 1. The summed E-state index contributed by atoms with van der Waals surface area (Å²) in [6.07, 6.45) is 0.973. The Hall–Kier alpha value is -2.34. The zero-order valence-corrected chi connectivity index (χ0v) is 13.3. The zero-order valence-electron chi connectivity index (χ0n) is 12.5. The fourth-order valence-electron chi connectivity index (χ4n) is 2.67. The normalized spacial score (nSPS) is 13.9. The van der Waals surface area contributed by atoms with Crippen molar-refractivity contribution in [2.45, 2.75) is 25.3 Å². The number of benzene rings is 1. The number of hydrogen-bond acceptors (Lipinski definition) is 4. The van der Waals surface area contributed by atoms with Gasteiger partial charge in [-0.15, -0.1) is 11.3 Å². The van der Waals surface area contributed by atoms with Gasteiger partial charge in [0.1, 0.15) is 5.75 Å². The van der Waals surface area contributed by atoms with Crippen LogP contribution in [0.5, 0.6) is 5.75 Å². The molecule has 0 saturated heterocycles. The average Bonchev–Trinajstić information content (AvgIpc) is 3.17. The third-order valence-electron chi connectivity index (χ3n) is 3.72. The van der Waals surface area contributed by atoms with E-state index in [9.17, 15) is 9.59 Å². The largest absolute Gasteiger partial charge is 0.493 e. The van der Waals surface area contributed by atoms with Gasteiger partial charge in [-0.3, -0.25) is 9.59 Å². The first-order valence-corrected chi connectivity index (χ1v) is 8.29. The molecule has 5 nitrogen and oxygen atoms in total. The monoisotopic (exact) mass is 331 g/mol. The number of carboxylic acids is 1. The molecule has 23 heavy (non-hydrogen) atoms. The van der Waals surface area contributed by atoms with Crippen LogP contribution < -0.4 is 10.1 Å². The van der Waals surface area contributed by atoms with Crippen molar-refractivity contribution in [2.75, 3.05) is 6.61 Å². The van der Waals surface area contributed by atoms with Gasteiger partial charge < -0.3 is 15.2 Å². The second-order valence-corrected chi connectivity index (χ2v) is 6.43. The molecule has 0 bridgehead atoms. The quantitative estimate of drug-likeness (QED) is 0.853. The summed E-state index contributed by atoms with van der Waals surface area (Å²) in [7, 11) is 0. The molecular formula is C17H17NO4S. The van der Waals surface area contributed by atoms with E-state index in [1.807, 2.05) is 35.7 Å². The molecule has 1 aliphatic heterocycles. The Morgan fingerprint density at radius 3 is 2.96 bits per heavy atom. The lowest BCUT2D eigenvalue weighted by molar-refractivity contribution is -0.137.